The van der Waals surface area contributed by atoms with Gasteiger partial charge in [-0.15, -0.1) is 0 Å². The lowest BCUT2D eigenvalue weighted by atomic mass is 9.89. The summed E-state index contributed by atoms with van der Waals surface area (Å²) in [6.45, 7) is 10.6. The van der Waals surface area contributed by atoms with E-state index in [1.165, 1.54) is 16.7 Å². The van der Waals surface area contributed by atoms with Gasteiger partial charge in [-0.2, -0.15) is 0 Å². The van der Waals surface area contributed by atoms with Crippen LogP contribution in [0.1, 0.15) is 69.7 Å². The molecule has 1 aliphatic rings. The van der Waals surface area contributed by atoms with Crippen molar-refractivity contribution < 1.29 is 19.7 Å². The molecule has 0 amide bonds. The second-order valence-electron chi connectivity index (χ2n) is 7.40. The summed E-state index contributed by atoms with van der Waals surface area (Å²) in [6, 6.07) is 14.1. The minimum Gasteiger partial charge on any atom is -0.494 e. The Kier molecular flexibility index (Phi) is 8.69. The Morgan fingerprint density at radius 1 is 1.07 bits per heavy atom. The van der Waals surface area contributed by atoms with Gasteiger partial charge in [-0.25, -0.2) is 0 Å². The highest BCUT2D eigenvalue weighted by atomic mass is 16.6. The lowest BCUT2D eigenvalue weighted by molar-refractivity contribution is -0.277. The van der Waals surface area contributed by atoms with Crippen LogP contribution in [0.5, 0.6) is 5.75 Å². The van der Waals surface area contributed by atoms with E-state index in [0.29, 0.717) is 18.6 Å². The zero-order valence-electron chi connectivity index (χ0n) is 18.4. The van der Waals surface area contributed by atoms with Gasteiger partial charge >= 0.3 is 0 Å². The number of ether oxygens (including phenoxy) is 2. The van der Waals surface area contributed by atoms with Gasteiger partial charge in [0.1, 0.15) is 5.75 Å². The summed E-state index contributed by atoms with van der Waals surface area (Å²) < 4.78 is 11.3. The van der Waals surface area contributed by atoms with E-state index in [4.69, 9.17) is 9.47 Å². The third kappa shape index (κ3) is 6.05. The van der Waals surface area contributed by atoms with Crippen LogP contribution in [0.25, 0.3) is 0 Å². The SMILES string of the molecule is CC.CCOc1ccc(Cc2cc(C3(O)CC(O)CC(C)O3)ccc2CC)cc1. The van der Waals surface area contributed by atoms with Crippen molar-refractivity contribution in [2.45, 2.75) is 78.3 Å². The van der Waals surface area contributed by atoms with E-state index in [2.05, 4.69) is 25.1 Å². The number of hydrogen-bond acceptors (Lipinski definition) is 4. The van der Waals surface area contributed by atoms with E-state index in [-0.39, 0.29) is 12.5 Å². The van der Waals surface area contributed by atoms with Gasteiger partial charge in [-0.3, -0.25) is 0 Å². The standard InChI is InChI=1S/C23H30O4.C2H6/c1-4-18-8-9-20(23(25)15-21(24)12-16(3)27-23)14-19(18)13-17-6-10-22(11-7-17)26-5-2;1-2/h6-11,14,16,21,24-25H,4-5,12-13,15H2,1-3H3;1-2H3. The minimum atomic E-state index is -1.43. The summed E-state index contributed by atoms with van der Waals surface area (Å²) in [4.78, 5) is 0. The first kappa shape index (κ1) is 23.4. The van der Waals surface area contributed by atoms with Crippen LogP contribution in [0, 0.1) is 0 Å². The van der Waals surface area contributed by atoms with Gasteiger partial charge in [0.05, 0.1) is 18.8 Å². The third-order valence-electron chi connectivity index (χ3n) is 5.18. The number of hydrogen-bond donors (Lipinski definition) is 2. The van der Waals surface area contributed by atoms with Crippen LogP contribution in [-0.4, -0.2) is 29.0 Å². The van der Waals surface area contributed by atoms with Crippen molar-refractivity contribution in [1.82, 2.24) is 0 Å². The quantitative estimate of drug-likeness (QED) is 0.719. The Labute approximate surface area is 175 Å². The third-order valence-corrected chi connectivity index (χ3v) is 5.18. The molecule has 3 atom stereocenters. The summed E-state index contributed by atoms with van der Waals surface area (Å²) in [5, 5.41) is 21.1. The van der Waals surface area contributed by atoms with Gasteiger partial charge < -0.3 is 19.7 Å². The summed E-state index contributed by atoms with van der Waals surface area (Å²) >= 11 is 0. The van der Waals surface area contributed by atoms with Crippen LogP contribution in [0.4, 0.5) is 0 Å². The molecule has 1 aliphatic heterocycles. The summed E-state index contributed by atoms with van der Waals surface area (Å²) in [6.07, 6.45) is 1.71. The van der Waals surface area contributed by atoms with Crippen LogP contribution < -0.4 is 4.74 Å². The van der Waals surface area contributed by atoms with Gasteiger partial charge in [-0.1, -0.05) is 45.0 Å². The van der Waals surface area contributed by atoms with Crippen molar-refractivity contribution in [2.24, 2.45) is 0 Å². The largest absolute Gasteiger partial charge is 0.494 e. The molecule has 29 heavy (non-hydrogen) atoms. The molecule has 0 radical (unpaired) electrons. The molecule has 1 saturated heterocycles. The fraction of sp³-hybridized carbons (Fsp3) is 0.520. The molecule has 1 fully saturated rings. The summed E-state index contributed by atoms with van der Waals surface area (Å²) in [7, 11) is 0. The lowest BCUT2D eigenvalue weighted by Gasteiger charge is -2.39. The molecule has 0 saturated carbocycles. The Bertz CT molecular complexity index is 744. The normalized spacial score (nSPS) is 23.8. The molecule has 0 aliphatic carbocycles. The van der Waals surface area contributed by atoms with E-state index in [9.17, 15) is 10.2 Å². The molecular weight excluding hydrogens is 364 g/mol. The smallest absolute Gasteiger partial charge is 0.195 e. The van der Waals surface area contributed by atoms with Crippen LogP contribution in [0.15, 0.2) is 42.5 Å². The first-order chi connectivity index (χ1) is 13.9. The Morgan fingerprint density at radius 3 is 2.34 bits per heavy atom. The Morgan fingerprint density at radius 2 is 1.76 bits per heavy atom. The molecule has 4 nitrogen and oxygen atoms in total. The van der Waals surface area contributed by atoms with Gasteiger partial charge in [0.25, 0.3) is 0 Å². The lowest BCUT2D eigenvalue weighted by Crippen LogP contribution is -2.43. The van der Waals surface area contributed by atoms with Crippen molar-refractivity contribution >= 4 is 0 Å². The Balaban J connectivity index is 0.00000145. The molecule has 2 N–H and O–H groups in total. The molecule has 2 aromatic rings. The van der Waals surface area contributed by atoms with Crippen molar-refractivity contribution in [1.29, 1.82) is 0 Å². The van der Waals surface area contributed by atoms with Crippen LogP contribution in [-0.2, 0) is 23.4 Å². The number of rotatable bonds is 6. The summed E-state index contributed by atoms with van der Waals surface area (Å²) in [5.41, 5.74) is 4.33. The van der Waals surface area contributed by atoms with Crippen molar-refractivity contribution in [3.8, 4) is 5.75 Å². The van der Waals surface area contributed by atoms with Gasteiger partial charge in [0, 0.05) is 12.0 Å². The van der Waals surface area contributed by atoms with E-state index in [1.54, 1.807) is 0 Å². The van der Waals surface area contributed by atoms with E-state index < -0.39 is 11.9 Å². The molecule has 2 aromatic carbocycles. The minimum absolute atomic E-state index is 0.181. The van der Waals surface area contributed by atoms with E-state index in [1.807, 2.05) is 52.0 Å². The van der Waals surface area contributed by atoms with Crippen molar-refractivity contribution in [3.63, 3.8) is 0 Å². The fourth-order valence-electron chi connectivity index (χ4n) is 3.87. The second-order valence-corrected chi connectivity index (χ2v) is 7.40. The first-order valence-electron chi connectivity index (χ1n) is 10.9. The van der Waals surface area contributed by atoms with Gasteiger partial charge in [0.15, 0.2) is 5.79 Å². The predicted molar refractivity (Wildman–Crippen MR) is 117 cm³/mol. The van der Waals surface area contributed by atoms with Crippen molar-refractivity contribution in [2.75, 3.05) is 6.61 Å². The van der Waals surface area contributed by atoms with Crippen LogP contribution in [0.3, 0.4) is 0 Å². The van der Waals surface area contributed by atoms with Crippen molar-refractivity contribution in [3.05, 3.63) is 64.7 Å². The zero-order chi connectivity index (χ0) is 21.4. The molecule has 4 heteroatoms. The van der Waals surface area contributed by atoms with Crippen LogP contribution in [0.2, 0.25) is 0 Å². The van der Waals surface area contributed by atoms with Crippen LogP contribution >= 0.6 is 0 Å². The highest BCUT2D eigenvalue weighted by Gasteiger charge is 2.39. The monoisotopic (exact) mass is 400 g/mol. The molecule has 0 bridgehead atoms. The number of aliphatic hydroxyl groups is 2. The highest BCUT2D eigenvalue weighted by molar-refractivity contribution is 5.39. The maximum absolute atomic E-state index is 11.0. The molecule has 3 unspecified atom stereocenters. The van der Waals surface area contributed by atoms with E-state index in [0.717, 1.165) is 18.6 Å². The zero-order valence-corrected chi connectivity index (χ0v) is 18.4. The van der Waals surface area contributed by atoms with Gasteiger partial charge in [-0.05, 0) is 68.0 Å². The number of aryl methyl sites for hydroxylation is 1. The highest BCUT2D eigenvalue weighted by Crippen LogP contribution is 2.36. The topological polar surface area (TPSA) is 58.9 Å². The van der Waals surface area contributed by atoms with Gasteiger partial charge in [0.2, 0.25) is 0 Å². The number of benzene rings is 2. The fourth-order valence-corrected chi connectivity index (χ4v) is 3.87. The molecule has 160 valence electrons. The average Bonchev–Trinajstić information content (AvgIpc) is 2.70. The number of aliphatic hydroxyl groups excluding tert-OH is 1. The second kappa shape index (κ2) is 10.8. The average molecular weight is 401 g/mol. The first-order valence-corrected chi connectivity index (χ1v) is 10.9. The Hall–Kier alpha value is -1.88. The maximum Gasteiger partial charge on any atom is 0.195 e. The molecular formula is C25H36O4. The predicted octanol–water partition coefficient (Wildman–Crippen LogP) is 4.97. The maximum atomic E-state index is 11.0. The molecule has 0 spiro atoms. The molecule has 3 rings (SSSR count). The summed E-state index contributed by atoms with van der Waals surface area (Å²) in [5.74, 6) is -0.560. The molecule has 1 heterocycles. The van der Waals surface area contributed by atoms with E-state index >= 15 is 0 Å². The molecule has 0 aromatic heterocycles.